The molecule has 1 N–H and O–H groups in total. The summed E-state index contributed by atoms with van der Waals surface area (Å²) in [4.78, 5) is 37.2. The summed E-state index contributed by atoms with van der Waals surface area (Å²) in [5, 5.41) is 3.98. The lowest BCUT2D eigenvalue weighted by molar-refractivity contribution is 0.0733. The fraction of sp³-hybridized carbons (Fsp3) is 0.432. The molecule has 1 aliphatic heterocycles. The highest BCUT2D eigenvalue weighted by Gasteiger charge is 2.29. The molecule has 1 aliphatic rings. The molecule has 0 unspecified atom stereocenters. The fourth-order valence-corrected chi connectivity index (χ4v) is 7.04. The van der Waals surface area contributed by atoms with Gasteiger partial charge in [-0.15, -0.1) is 11.3 Å². The predicted octanol–water partition coefficient (Wildman–Crippen LogP) is 7.09. The van der Waals surface area contributed by atoms with Crippen molar-refractivity contribution in [2.45, 2.75) is 73.8 Å². The third-order valence-corrected chi connectivity index (χ3v) is 9.26. The molecule has 0 spiro atoms. The largest absolute Gasteiger partial charge is 0.491 e. The number of nitrogens with one attached hydrogen (secondary N) is 1. The summed E-state index contributed by atoms with van der Waals surface area (Å²) in [6.45, 7) is 17.4. The van der Waals surface area contributed by atoms with Crippen molar-refractivity contribution in [3.05, 3.63) is 86.1 Å². The second-order valence-corrected chi connectivity index (χ2v) is 13.6. The van der Waals surface area contributed by atoms with Crippen LogP contribution >= 0.6 is 11.3 Å². The summed E-state index contributed by atoms with van der Waals surface area (Å²) >= 11 is 1.50. The first kappa shape index (κ1) is 32.6. The number of benzene rings is 2. The maximum Gasteiger partial charge on any atom is 0.265 e. The average molecular weight is 627 g/mol. The molecule has 1 fully saturated rings. The van der Waals surface area contributed by atoms with Gasteiger partial charge < -0.3 is 15.0 Å². The first-order valence-corrected chi connectivity index (χ1v) is 17.1. The van der Waals surface area contributed by atoms with E-state index in [4.69, 9.17) is 9.72 Å². The summed E-state index contributed by atoms with van der Waals surface area (Å²) in [6, 6.07) is 16.0. The van der Waals surface area contributed by atoms with Gasteiger partial charge in [0.25, 0.3) is 11.5 Å². The second-order valence-electron chi connectivity index (χ2n) is 12.4. The van der Waals surface area contributed by atoms with Crippen molar-refractivity contribution >= 4 is 17.2 Å². The molecular weight excluding hydrogens is 580 g/mol. The average Bonchev–Trinajstić information content (AvgIpc) is 3.42. The van der Waals surface area contributed by atoms with Crippen LogP contribution in [0.4, 0.5) is 0 Å². The van der Waals surface area contributed by atoms with Crippen LogP contribution < -0.4 is 15.6 Å². The zero-order valence-corrected chi connectivity index (χ0v) is 28.5. The number of ether oxygens (including phenoxy) is 1. The molecule has 7 nitrogen and oxygen atoms in total. The van der Waals surface area contributed by atoms with Crippen LogP contribution in [-0.2, 0) is 19.3 Å². The first-order chi connectivity index (χ1) is 21.6. The Balaban J connectivity index is 1.76. The molecule has 45 heavy (non-hydrogen) atoms. The molecule has 0 bridgehead atoms. The van der Waals surface area contributed by atoms with Gasteiger partial charge >= 0.3 is 0 Å². The molecule has 3 heterocycles. The van der Waals surface area contributed by atoms with E-state index in [9.17, 15) is 9.59 Å². The van der Waals surface area contributed by atoms with Crippen LogP contribution in [0.5, 0.6) is 5.75 Å². The van der Waals surface area contributed by atoms with Crippen molar-refractivity contribution in [2.75, 3.05) is 26.2 Å². The quantitative estimate of drug-likeness (QED) is 0.203. The standard InChI is InChI=1S/C37H46N4O3S/c1-8-26-11-10-12-27(9-2)34(26)41-32(21-23(3)4)30(36(42)40-19-17-38-18-20-40)22-31(37(41)43)35-39-33(25(7)45-35)28-13-15-29(16-14-28)44-24(5)6/h10-16,22-24,38H,8-9,17-21H2,1-7H3. The van der Waals surface area contributed by atoms with Crippen LogP contribution in [0.25, 0.3) is 27.5 Å². The van der Waals surface area contributed by atoms with E-state index in [1.807, 2.05) is 60.6 Å². The van der Waals surface area contributed by atoms with Crippen LogP contribution in [0, 0.1) is 12.8 Å². The first-order valence-electron chi connectivity index (χ1n) is 16.3. The fourth-order valence-electron chi connectivity index (χ4n) is 6.10. The van der Waals surface area contributed by atoms with Gasteiger partial charge in [0.1, 0.15) is 10.8 Å². The lowest BCUT2D eigenvalue weighted by Gasteiger charge is -2.30. The molecule has 4 aromatic rings. The zero-order valence-electron chi connectivity index (χ0n) is 27.7. The molecule has 0 saturated carbocycles. The number of rotatable bonds is 10. The van der Waals surface area contributed by atoms with Crippen molar-refractivity contribution in [3.8, 4) is 33.3 Å². The normalized spacial score (nSPS) is 13.6. The Bertz CT molecular complexity index is 1690. The topological polar surface area (TPSA) is 76.5 Å². The highest BCUT2D eigenvalue weighted by Crippen LogP contribution is 2.35. The van der Waals surface area contributed by atoms with E-state index in [0.29, 0.717) is 35.6 Å². The van der Waals surface area contributed by atoms with Gasteiger partial charge in [0.15, 0.2) is 0 Å². The van der Waals surface area contributed by atoms with Crippen molar-refractivity contribution in [1.29, 1.82) is 0 Å². The highest BCUT2D eigenvalue weighted by molar-refractivity contribution is 7.15. The molecular formula is C37H46N4O3S. The molecule has 2 aromatic heterocycles. The van der Waals surface area contributed by atoms with E-state index in [-0.39, 0.29) is 23.5 Å². The number of para-hydroxylation sites is 1. The van der Waals surface area contributed by atoms with Gasteiger partial charge in [-0.2, -0.15) is 0 Å². The number of aryl methyl sites for hydroxylation is 3. The van der Waals surface area contributed by atoms with Crippen LogP contribution in [0.1, 0.15) is 73.6 Å². The number of carbonyl (C=O) groups is 1. The number of nitrogens with zero attached hydrogens (tertiary/aromatic N) is 3. The number of pyridine rings is 1. The molecule has 0 aliphatic carbocycles. The number of thiazole rings is 1. The SMILES string of the molecule is CCc1cccc(CC)c1-n1c(CC(C)C)c(C(=O)N2CCNCC2)cc(-c2nc(-c3ccc(OC(C)C)cc3)c(C)s2)c1=O. The van der Waals surface area contributed by atoms with Gasteiger partial charge in [-0.1, -0.05) is 45.9 Å². The Kier molecular flexibility index (Phi) is 10.2. The Morgan fingerprint density at radius 2 is 1.64 bits per heavy atom. The molecule has 8 heteroatoms. The monoisotopic (exact) mass is 626 g/mol. The number of aromatic nitrogens is 2. The maximum atomic E-state index is 14.8. The van der Waals surface area contributed by atoms with E-state index in [1.165, 1.54) is 11.3 Å². The Labute approximate surface area is 271 Å². The maximum absolute atomic E-state index is 14.8. The van der Waals surface area contributed by atoms with E-state index in [0.717, 1.165) is 70.3 Å². The van der Waals surface area contributed by atoms with Gasteiger partial charge in [-0.05, 0) is 87.4 Å². The Morgan fingerprint density at radius 3 is 2.22 bits per heavy atom. The van der Waals surface area contributed by atoms with Crippen LogP contribution in [0.2, 0.25) is 0 Å². The van der Waals surface area contributed by atoms with Crippen LogP contribution in [0.3, 0.4) is 0 Å². The van der Waals surface area contributed by atoms with Crippen molar-refractivity contribution < 1.29 is 9.53 Å². The number of amides is 1. The summed E-state index contributed by atoms with van der Waals surface area (Å²) < 4.78 is 7.71. The second kappa shape index (κ2) is 14.1. The van der Waals surface area contributed by atoms with Gasteiger partial charge in [0.2, 0.25) is 0 Å². The minimum Gasteiger partial charge on any atom is -0.491 e. The molecule has 2 aromatic carbocycles. The lowest BCUT2D eigenvalue weighted by atomic mass is 9.97. The van der Waals surface area contributed by atoms with Gasteiger partial charge in [-0.25, -0.2) is 4.98 Å². The minimum atomic E-state index is -0.126. The molecule has 238 valence electrons. The molecule has 0 atom stereocenters. The van der Waals surface area contributed by atoms with E-state index < -0.39 is 0 Å². The predicted molar refractivity (Wildman–Crippen MR) is 185 cm³/mol. The number of hydrogen-bond donors (Lipinski definition) is 1. The van der Waals surface area contributed by atoms with Gasteiger partial charge in [0, 0.05) is 42.3 Å². The van der Waals surface area contributed by atoms with E-state index in [2.05, 4.69) is 51.2 Å². The lowest BCUT2D eigenvalue weighted by Crippen LogP contribution is -2.47. The number of hydrogen-bond acceptors (Lipinski definition) is 6. The summed E-state index contributed by atoms with van der Waals surface area (Å²) in [7, 11) is 0. The van der Waals surface area contributed by atoms with Gasteiger partial charge in [0.05, 0.1) is 28.6 Å². The summed E-state index contributed by atoms with van der Waals surface area (Å²) in [5.74, 6) is 1.03. The highest BCUT2D eigenvalue weighted by atomic mass is 32.1. The number of carbonyl (C=O) groups excluding carboxylic acids is 1. The third-order valence-electron chi connectivity index (χ3n) is 8.25. The van der Waals surface area contributed by atoms with E-state index in [1.54, 1.807) is 0 Å². The van der Waals surface area contributed by atoms with Gasteiger partial charge in [-0.3, -0.25) is 14.2 Å². The van der Waals surface area contributed by atoms with Crippen LogP contribution in [0.15, 0.2) is 53.3 Å². The smallest absolute Gasteiger partial charge is 0.265 e. The van der Waals surface area contributed by atoms with Crippen molar-refractivity contribution in [1.82, 2.24) is 19.8 Å². The van der Waals surface area contributed by atoms with Crippen LogP contribution in [-0.4, -0.2) is 52.6 Å². The zero-order chi connectivity index (χ0) is 32.2. The van der Waals surface area contributed by atoms with E-state index >= 15 is 0 Å². The molecule has 5 rings (SSSR count). The molecule has 0 radical (unpaired) electrons. The summed E-state index contributed by atoms with van der Waals surface area (Å²) in [6.07, 6.45) is 2.25. The third kappa shape index (κ3) is 6.92. The molecule has 1 amide bonds. The minimum absolute atomic E-state index is 0.0246. The Morgan fingerprint density at radius 1 is 1.00 bits per heavy atom. The van der Waals surface area contributed by atoms with Crippen molar-refractivity contribution in [3.63, 3.8) is 0 Å². The number of piperazine rings is 1. The van der Waals surface area contributed by atoms with Crippen molar-refractivity contribution in [2.24, 2.45) is 5.92 Å². The Hall–Kier alpha value is -3.75. The molecule has 1 saturated heterocycles. The summed E-state index contributed by atoms with van der Waals surface area (Å²) in [5.41, 5.74) is 6.62.